The molecule has 0 saturated heterocycles. The number of carbonyl (C=O) groups is 2. The first kappa shape index (κ1) is 22.0. The molecule has 0 unspecified atom stereocenters. The van der Waals surface area contributed by atoms with Crippen LogP contribution < -0.4 is 5.32 Å². The number of benzene rings is 1. The Morgan fingerprint density at radius 1 is 1.27 bits per heavy atom. The number of methoxy groups -OCH3 is 1. The maximum absolute atomic E-state index is 12.5. The number of hydrogen-bond donors (Lipinski definition) is 1. The summed E-state index contributed by atoms with van der Waals surface area (Å²) < 4.78 is 6.82. The van der Waals surface area contributed by atoms with Gasteiger partial charge in [-0.05, 0) is 64.8 Å². The van der Waals surface area contributed by atoms with Crippen LogP contribution in [-0.4, -0.2) is 33.8 Å². The second kappa shape index (κ2) is 9.42. The summed E-state index contributed by atoms with van der Waals surface area (Å²) in [6.07, 6.45) is 4.46. The van der Waals surface area contributed by atoms with Crippen LogP contribution in [-0.2, 0) is 9.53 Å². The Balaban J connectivity index is 1.89. The number of aryl methyl sites for hydroxylation is 1. The lowest BCUT2D eigenvalue weighted by molar-refractivity contribution is -0.111. The molecular formula is C20H15BrCl2N4O3. The van der Waals surface area contributed by atoms with Crippen molar-refractivity contribution in [1.82, 2.24) is 14.8 Å². The van der Waals surface area contributed by atoms with Gasteiger partial charge < -0.3 is 10.1 Å². The highest BCUT2D eigenvalue weighted by Crippen LogP contribution is 2.27. The van der Waals surface area contributed by atoms with E-state index in [1.54, 1.807) is 43.5 Å². The van der Waals surface area contributed by atoms with Gasteiger partial charge in [0.1, 0.15) is 4.60 Å². The van der Waals surface area contributed by atoms with Crippen molar-refractivity contribution in [3.8, 4) is 5.82 Å². The van der Waals surface area contributed by atoms with Crippen molar-refractivity contribution in [2.24, 2.45) is 0 Å². The lowest BCUT2D eigenvalue weighted by Crippen LogP contribution is -2.14. The van der Waals surface area contributed by atoms with E-state index in [1.165, 1.54) is 23.9 Å². The molecule has 1 amide bonds. The van der Waals surface area contributed by atoms with Crippen LogP contribution in [0.3, 0.4) is 0 Å². The van der Waals surface area contributed by atoms with Crippen LogP contribution in [0, 0.1) is 6.92 Å². The summed E-state index contributed by atoms with van der Waals surface area (Å²) in [5.74, 6) is -0.639. The van der Waals surface area contributed by atoms with E-state index in [-0.39, 0.29) is 5.56 Å². The van der Waals surface area contributed by atoms with Crippen molar-refractivity contribution in [2.75, 3.05) is 12.4 Å². The van der Waals surface area contributed by atoms with E-state index in [1.807, 2.05) is 0 Å². The van der Waals surface area contributed by atoms with Crippen LogP contribution in [0.25, 0.3) is 11.9 Å². The maximum Gasteiger partial charge on any atom is 0.340 e. The molecule has 1 aromatic carbocycles. The predicted molar refractivity (Wildman–Crippen MR) is 119 cm³/mol. The third-order valence-corrected chi connectivity index (χ3v) is 4.91. The normalized spacial score (nSPS) is 11.0. The minimum Gasteiger partial charge on any atom is -0.465 e. The van der Waals surface area contributed by atoms with Gasteiger partial charge in [-0.25, -0.2) is 14.5 Å². The van der Waals surface area contributed by atoms with Crippen molar-refractivity contribution in [3.05, 3.63) is 74.1 Å². The SMILES string of the molecule is COC(=O)c1cc(Cl)cc(C)c1NC(=O)C=Cc1cc(Br)nn1-c1ncccc1Cl. The van der Waals surface area contributed by atoms with Gasteiger partial charge in [-0.1, -0.05) is 23.2 Å². The Labute approximate surface area is 190 Å². The zero-order valence-electron chi connectivity index (χ0n) is 15.8. The van der Waals surface area contributed by atoms with Crippen LogP contribution in [0.4, 0.5) is 5.69 Å². The number of hydrogen-bond acceptors (Lipinski definition) is 5. The Morgan fingerprint density at radius 3 is 2.73 bits per heavy atom. The number of carbonyl (C=O) groups excluding carboxylic acids is 2. The highest BCUT2D eigenvalue weighted by atomic mass is 79.9. The van der Waals surface area contributed by atoms with E-state index in [0.717, 1.165) is 0 Å². The van der Waals surface area contributed by atoms with Crippen molar-refractivity contribution >= 4 is 62.8 Å². The Bertz CT molecular complexity index is 1160. The number of halogens is 3. The molecule has 0 atom stereocenters. The summed E-state index contributed by atoms with van der Waals surface area (Å²) in [7, 11) is 1.26. The second-order valence-corrected chi connectivity index (χ2v) is 7.73. The minimum absolute atomic E-state index is 0.164. The van der Waals surface area contributed by atoms with Crippen molar-refractivity contribution < 1.29 is 14.3 Å². The number of esters is 1. The molecule has 0 fully saturated rings. The summed E-state index contributed by atoms with van der Waals surface area (Å²) in [6, 6.07) is 8.19. The van der Waals surface area contributed by atoms with Crippen molar-refractivity contribution in [1.29, 1.82) is 0 Å². The maximum atomic E-state index is 12.5. The topological polar surface area (TPSA) is 86.1 Å². The highest BCUT2D eigenvalue weighted by Gasteiger charge is 2.17. The van der Waals surface area contributed by atoms with E-state index in [4.69, 9.17) is 27.9 Å². The molecule has 1 N–H and O–H groups in total. The van der Waals surface area contributed by atoms with E-state index < -0.39 is 11.9 Å². The fraction of sp³-hybridized carbons (Fsp3) is 0.100. The molecule has 0 aliphatic heterocycles. The zero-order valence-corrected chi connectivity index (χ0v) is 18.9. The predicted octanol–water partition coefficient (Wildman–Crippen LogP) is 5.08. The number of nitrogens with zero attached hydrogens (tertiary/aromatic N) is 3. The number of ether oxygens (including phenoxy) is 1. The van der Waals surface area contributed by atoms with E-state index in [2.05, 4.69) is 31.3 Å². The monoisotopic (exact) mass is 508 g/mol. The molecule has 0 aliphatic rings. The van der Waals surface area contributed by atoms with Gasteiger partial charge in [0.25, 0.3) is 0 Å². The zero-order chi connectivity index (χ0) is 21.8. The molecule has 10 heteroatoms. The van der Waals surface area contributed by atoms with Gasteiger partial charge in [-0.2, -0.15) is 5.10 Å². The van der Waals surface area contributed by atoms with Crippen LogP contribution in [0.15, 0.2) is 47.2 Å². The Morgan fingerprint density at radius 2 is 2.03 bits per heavy atom. The first-order valence-corrected chi connectivity index (χ1v) is 10.1. The van der Waals surface area contributed by atoms with Gasteiger partial charge in [0.2, 0.25) is 5.91 Å². The van der Waals surface area contributed by atoms with Gasteiger partial charge in [-0.15, -0.1) is 0 Å². The largest absolute Gasteiger partial charge is 0.465 e. The Hall–Kier alpha value is -2.68. The molecule has 7 nitrogen and oxygen atoms in total. The molecule has 0 aliphatic carbocycles. The quantitative estimate of drug-likeness (QED) is 0.382. The lowest BCUT2D eigenvalue weighted by Gasteiger charge is -2.12. The molecule has 3 rings (SSSR count). The number of rotatable bonds is 5. The summed E-state index contributed by atoms with van der Waals surface area (Å²) >= 11 is 15.5. The number of pyridine rings is 1. The number of amides is 1. The highest BCUT2D eigenvalue weighted by molar-refractivity contribution is 9.10. The summed E-state index contributed by atoms with van der Waals surface area (Å²) in [4.78, 5) is 28.8. The van der Waals surface area contributed by atoms with Gasteiger partial charge in [0.05, 0.1) is 29.1 Å². The second-order valence-electron chi connectivity index (χ2n) is 6.07. The molecule has 2 heterocycles. The van der Waals surface area contributed by atoms with Crippen LogP contribution in [0.1, 0.15) is 21.6 Å². The molecule has 0 saturated carbocycles. The lowest BCUT2D eigenvalue weighted by atomic mass is 10.1. The van der Waals surface area contributed by atoms with Crippen LogP contribution >= 0.6 is 39.1 Å². The summed E-state index contributed by atoms with van der Waals surface area (Å²) in [6.45, 7) is 1.73. The van der Waals surface area contributed by atoms with Gasteiger partial charge in [0.15, 0.2) is 5.82 Å². The molecule has 0 bridgehead atoms. The molecule has 0 radical (unpaired) electrons. The molecule has 0 spiro atoms. The average molecular weight is 510 g/mol. The third kappa shape index (κ3) is 4.89. The van der Waals surface area contributed by atoms with E-state index in [9.17, 15) is 9.59 Å². The molecular weight excluding hydrogens is 495 g/mol. The van der Waals surface area contributed by atoms with Gasteiger partial charge in [-0.3, -0.25) is 4.79 Å². The van der Waals surface area contributed by atoms with Crippen LogP contribution in [0.2, 0.25) is 10.0 Å². The van der Waals surface area contributed by atoms with E-state index >= 15 is 0 Å². The standard InChI is InChI=1S/C20H15BrCl2N4O3/c1-11-8-12(22)9-14(20(29)30-2)18(11)25-17(28)6-5-13-10-16(21)26-27(13)19-15(23)4-3-7-24-19/h3-10H,1-2H3,(H,25,28). The third-order valence-electron chi connectivity index (χ3n) is 4.01. The van der Waals surface area contributed by atoms with Crippen molar-refractivity contribution in [2.45, 2.75) is 6.92 Å². The van der Waals surface area contributed by atoms with Gasteiger partial charge >= 0.3 is 5.97 Å². The Kier molecular flexibility index (Phi) is 6.91. The van der Waals surface area contributed by atoms with Crippen molar-refractivity contribution in [3.63, 3.8) is 0 Å². The molecule has 154 valence electrons. The molecule has 30 heavy (non-hydrogen) atoms. The fourth-order valence-electron chi connectivity index (χ4n) is 2.69. The first-order chi connectivity index (χ1) is 14.3. The number of nitrogens with one attached hydrogen (secondary N) is 1. The smallest absolute Gasteiger partial charge is 0.340 e. The van der Waals surface area contributed by atoms with Crippen LogP contribution in [0.5, 0.6) is 0 Å². The summed E-state index contributed by atoms with van der Waals surface area (Å²) in [5.41, 5.74) is 1.68. The van der Waals surface area contributed by atoms with Gasteiger partial charge in [0, 0.05) is 17.3 Å². The summed E-state index contributed by atoms with van der Waals surface area (Å²) in [5, 5.41) is 7.78. The number of anilines is 1. The first-order valence-electron chi connectivity index (χ1n) is 8.54. The van der Waals surface area contributed by atoms with E-state index in [0.29, 0.717) is 37.4 Å². The number of aromatic nitrogens is 3. The minimum atomic E-state index is -0.605. The average Bonchev–Trinajstić information content (AvgIpc) is 3.08. The molecule has 2 aromatic heterocycles. The molecule has 3 aromatic rings. The fourth-order valence-corrected chi connectivity index (χ4v) is 3.56.